The molecule has 0 fully saturated rings. The zero-order chi connectivity index (χ0) is 14.9. The quantitative estimate of drug-likeness (QED) is 0.814. The zero-order valence-corrected chi connectivity index (χ0v) is 11.4. The Hall–Kier alpha value is -2.04. The van der Waals surface area contributed by atoms with Crippen molar-refractivity contribution < 1.29 is 17.9 Å². The number of hydrogen-bond donors (Lipinski definition) is 0. The van der Waals surface area contributed by atoms with Crippen molar-refractivity contribution in [1.29, 1.82) is 0 Å². The van der Waals surface area contributed by atoms with E-state index in [1.165, 1.54) is 20.1 Å². The number of pyridine rings is 1. The van der Waals surface area contributed by atoms with Gasteiger partial charge in [0.05, 0.1) is 12.8 Å². The third kappa shape index (κ3) is 2.76. The summed E-state index contributed by atoms with van der Waals surface area (Å²) >= 11 is 0. The van der Waals surface area contributed by atoms with Crippen LogP contribution in [0.4, 0.5) is 13.2 Å². The lowest BCUT2D eigenvalue weighted by molar-refractivity contribution is -0.139. The molecule has 0 spiro atoms. The van der Waals surface area contributed by atoms with Gasteiger partial charge in [0.1, 0.15) is 5.56 Å². The predicted octanol–water partition coefficient (Wildman–Crippen LogP) is 4.39. The van der Waals surface area contributed by atoms with Crippen LogP contribution in [0.2, 0.25) is 0 Å². The topological polar surface area (TPSA) is 22.1 Å². The minimum Gasteiger partial charge on any atom is -0.481 e. The van der Waals surface area contributed by atoms with E-state index in [0.29, 0.717) is 5.69 Å². The van der Waals surface area contributed by atoms with Crippen molar-refractivity contribution in [1.82, 2.24) is 4.98 Å². The molecule has 0 atom stereocenters. The molecule has 0 unspecified atom stereocenters. The van der Waals surface area contributed by atoms with Crippen molar-refractivity contribution in [2.75, 3.05) is 7.11 Å². The van der Waals surface area contributed by atoms with Crippen LogP contribution in [0.3, 0.4) is 0 Å². The first-order chi connectivity index (χ1) is 9.32. The van der Waals surface area contributed by atoms with Gasteiger partial charge < -0.3 is 4.74 Å². The van der Waals surface area contributed by atoms with Crippen molar-refractivity contribution in [2.24, 2.45) is 0 Å². The summed E-state index contributed by atoms with van der Waals surface area (Å²) in [5, 5.41) is 0. The molecule has 20 heavy (non-hydrogen) atoms. The Kier molecular flexibility index (Phi) is 3.70. The fourth-order valence-corrected chi connectivity index (χ4v) is 2.01. The molecule has 2 nitrogen and oxygen atoms in total. The summed E-state index contributed by atoms with van der Waals surface area (Å²) in [5.74, 6) is -0.395. The maximum atomic E-state index is 13.0. The molecule has 0 N–H and O–H groups in total. The lowest BCUT2D eigenvalue weighted by Crippen LogP contribution is -2.11. The maximum Gasteiger partial charge on any atom is 0.421 e. The van der Waals surface area contributed by atoms with E-state index < -0.39 is 17.6 Å². The Bertz CT molecular complexity index is 618. The molecule has 0 saturated carbocycles. The third-order valence-electron chi connectivity index (χ3n) is 3.01. The molecule has 2 rings (SSSR count). The van der Waals surface area contributed by atoms with Crippen LogP contribution in [-0.2, 0) is 6.18 Å². The Morgan fingerprint density at radius 2 is 1.65 bits per heavy atom. The van der Waals surface area contributed by atoms with Crippen molar-refractivity contribution >= 4 is 0 Å². The molecule has 1 heterocycles. The second-order valence-electron chi connectivity index (χ2n) is 4.57. The zero-order valence-electron chi connectivity index (χ0n) is 11.4. The average molecular weight is 281 g/mol. The first kappa shape index (κ1) is 14.4. The number of aryl methyl sites for hydroxylation is 2. The van der Waals surface area contributed by atoms with Crippen molar-refractivity contribution in [2.45, 2.75) is 20.0 Å². The van der Waals surface area contributed by atoms with E-state index in [9.17, 15) is 13.2 Å². The molecule has 0 bridgehead atoms. The van der Waals surface area contributed by atoms with E-state index in [0.717, 1.165) is 11.1 Å². The first-order valence-corrected chi connectivity index (χ1v) is 6.03. The standard InChI is InChI=1S/C15H14F3NO/c1-9-4-6-11(7-5-9)12-8-10(2)13(15(16,17)18)14(19-12)20-3/h4-8H,1-3H3. The minimum absolute atomic E-state index is 0.0972. The van der Waals surface area contributed by atoms with Gasteiger partial charge in [0.15, 0.2) is 0 Å². The number of hydrogen-bond acceptors (Lipinski definition) is 2. The predicted molar refractivity (Wildman–Crippen MR) is 70.7 cm³/mol. The second-order valence-corrected chi connectivity index (χ2v) is 4.57. The summed E-state index contributed by atoms with van der Waals surface area (Å²) in [7, 11) is 1.19. The molecule has 0 aliphatic carbocycles. The van der Waals surface area contributed by atoms with Gasteiger partial charge in [-0.25, -0.2) is 4.98 Å². The largest absolute Gasteiger partial charge is 0.481 e. The summed E-state index contributed by atoms with van der Waals surface area (Å²) in [6.45, 7) is 3.35. The molecule has 0 saturated heterocycles. The van der Waals surface area contributed by atoms with Gasteiger partial charge in [-0.05, 0) is 25.5 Å². The SMILES string of the molecule is COc1nc(-c2ccc(C)cc2)cc(C)c1C(F)(F)F. The molecule has 0 radical (unpaired) electrons. The molecule has 0 aliphatic rings. The number of halogens is 3. The van der Waals surface area contributed by atoms with E-state index in [1.807, 2.05) is 31.2 Å². The highest BCUT2D eigenvalue weighted by Crippen LogP contribution is 2.39. The van der Waals surface area contributed by atoms with Gasteiger partial charge in [-0.1, -0.05) is 29.8 Å². The first-order valence-electron chi connectivity index (χ1n) is 6.03. The number of methoxy groups -OCH3 is 1. The van der Waals surface area contributed by atoms with Gasteiger partial charge in [-0.3, -0.25) is 0 Å². The number of ether oxygens (including phenoxy) is 1. The molecule has 2 aromatic rings. The summed E-state index contributed by atoms with van der Waals surface area (Å²) in [5.41, 5.74) is 1.57. The number of alkyl halides is 3. The van der Waals surface area contributed by atoms with Crippen LogP contribution in [0.25, 0.3) is 11.3 Å². The van der Waals surface area contributed by atoms with E-state index in [1.54, 1.807) is 0 Å². The van der Waals surface area contributed by atoms with Gasteiger partial charge in [-0.2, -0.15) is 13.2 Å². The molecule has 106 valence electrons. The lowest BCUT2D eigenvalue weighted by Gasteiger charge is -2.15. The maximum absolute atomic E-state index is 13.0. The van der Waals surface area contributed by atoms with Crippen LogP contribution in [0.1, 0.15) is 16.7 Å². The normalized spacial score (nSPS) is 11.5. The van der Waals surface area contributed by atoms with Crippen molar-refractivity contribution in [3.8, 4) is 17.1 Å². The summed E-state index contributed by atoms with van der Waals surface area (Å²) in [6, 6.07) is 8.84. The van der Waals surface area contributed by atoms with E-state index >= 15 is 0 Å². The molecular weight excluding hydrogens is 267 g/mol. The molecule has 0 amide bonds. The minimum atomic E-state index is -4.48. The monoisotopic (exact) mass is 281 g/mol. The number of rotatable bonds is 2. The fourth-order valence-electron chi connectivity index (χ4n) is 2.01. The van der Waals surface area contributed by atoms with E-state index in [-0.39, 0.29) is 5.56 Å². The highest BCUT2D eigenvalue weighted by Gasteiger charge is 2.37. The number of benzene rings is 1. The Balaban J connectivity index is 2.58. The molecule has 0 aliphatic heterocycles. The third-order valence-corrected chi connectivity index (χ3v) is 3.01. The van der Waals surface area contributed by atoms with Crippen LogP contribution in [0, 0.1) is 13.8 Å². The van der Waals surface area contributed by atoms with Crippen LogP contribution in [-0.4, -0.2) is 12.1 Å². The van der Waals surface area contributed by atoms with Crippen LogP contribution in [0.5, 0.6) is 5.88 Å². The molecule has 1 aromatic heterocycles. The van der Waals surface area contributed by atoms with Crippen LogP contribution < -0.4 is 4.74 Å². The van der Waals surface area contributed by atoms with Crippen LogP contribution in [0.15, 0.2) is 30.3 Å². The van der Waals surface area contributed by atoms with E-state index in [4.69, 9.17) is 4.74 Å². The van der Waals surface area contributed by atoms with Crippen molar-refractivity contribution in [3.05, 3.63) is 47.0 Å². The number of aromatic nitrogens is 1. The Morgan fingerprint density at radius 1 is 1.05 bits per heavy atom. The van der Waals surface area contributed by atoms with Gasteiger partial charge in [0.25, 0.3) is 0 Å². The highest BCUT2D eigenvalue weighted by atomic mass is 19.4. The molecule has 5 heteroatoms. The summed E-state index contributed by atoms with van der Waals surface area (Å²) in [4.78, 5) is 3.98. The van der Waals surface area contributed by atoms with Gasteiger partial charge in [-0.15, -0.1) is 0 Å². The Labute approximate surface area is 115 Å². The second kappa shape index (κ2) is 5.15. The Morgan fingerprint density at radius 3 is 2.15 bits per heavy atom. The van der Waals surface area contributed by atoms with Crippen molar-refractivity contribution in [3.63, 3.8) is 0 Å². The average Bonchev–Trinajstić information content (AvgIpc) is 2.37. The smallest absolute Gasteiger partial charge is 0.421 e. The number of nitrogens with zero attached hydrogens (tertiary/aromatic N) is 1. The van der Waals surface area contributed by atoms with E-state index in [2.05, 4.69) is 4.98 Å². The molecular formula is C15H14F3NO. The van der Waals surface area contributed by atoms with Crippen LogP contribution >= 0.6 is 0 Å². The highest BCUT2D eigenvalue weighted by molar-refractivity contribution is 5.62. The lowest BCUT2D eigenvalue weighted by atomic mass is 10.0. The summed E-state index contributed by atoms with van der Waals surface area (Å²) in [6.07, 6.45) is -4.48. The van der Waals surface area contributed by atoms with Gasteiger partial charge in [0.2, 0.25) is 5.88 Å². The fraction of sp³-hybridized carbons (Fsp3) is 0.267. The van der Waals surface area contributed by atoms with Gasteiger partial charge in [0, 0.05) is 5.56 Å². The molecule has 1 aromatic carbocycles. The van der Waals surface area contributed by atoms with Gasteiger partial charge >= 0.3 is 6.18 Å². The summed E-state index contributed by atoms with van der Waals surface area (Å²) < 4.78 is 43.7.